The molecule has 4 aliphatic carbocycles. The minimum absolute atomic E-state index is 0.377. The molecule has 4 rings (SSSR count). The molecule has 0 amide bonds. The van der Waals surface area contributed by atoms with Gasteiger partial charge in [-0.05, 0) is 111 Å². The lowest BCUT2D eigenvalue weighted by atomic mass is 9.44. The van der Waals surface area contributed by atoms with E-state index in [-0.39, 0.29) is 0 Å². The quantitative estimate of drug-likeness (QED) is 0.620. The Balaban J connectivity index is 1.53. The predicted octanol–water partition coefficient (Wildman–Crippen LogP) is 6.44. The van der Waals surface area contributed by atoms with Gasteiger partial charge in [0.15, 0.2) is 0 Å². The average Bonchev–Trinajstić information content (AvgIpc) is 2.96. The van der Waals surface area contributed by atoms with Gasteiger partial charge in [0.25, 0.3) is 0 Å². The van der Waals surface area contributed by atoms with Gasteiger partial charge in [0.1, 0.15) is 0 Å². The van der Waals surface area contributed by atoms with Gasteiger partial charge in [-0.2, -0.15) is 0 Å². The fourth-order valence-electron chi connectivity index (χ4n) is 8.88. The lowest BCUT2D eigenvalue weighted by molar-refractivity contribution is -0.114. The van der Waals surface area contributed by atoms with Crippen molar-refractivity contribution < 1.29 is 5.11 Å². The summed E-state index contributed by atoms with van der Waals surface area (Å²) in [5.74, 6) is 5.85. The number of aliphatic hydroxyl groups is 1. The molecule has 8 atom stereocenters. The van der Waals surface area contributed by atoms with Crippen molar-refractivity contribution in [2.45, 2.75) is 97.8 Å². The molecule has 0 aromatic carbocycles. The Morgan fingerprint density at radius 1 is 0.880 bits per heavy atom. The first kappa shape index (κ1) is 18.3. The monoisotopic (exact) mass is 346 g/mol. The second-order valence-electron chi connectivity index (χ2n) is 11.0. The van der Waals surface area contributed by atoms with E-state index in [1.807, 2.05) is 0 Å². The fraction of sp³-hybridized carbons (Fsp3) is 1.00. The number of hydrogen-bond donors (Lipinski definition) is 1. The number of rotatable bonds is 4. The highest BCUT2D eigenvalue weighted by molar-refractivity contribution is 5.09. The second kappa shape index (κ2) is 6.84. The SMILES string of the molecule is C[C@H](CCCO)[C@H]1CC[C@H]2[C@H]3CC[C@H]4CCCC[C@]4(C)[C@@H]3CC[C@]12C. The minimum Gasteiger partial charge on any atom is -0.396 e. The van der Waals surface area contributed by atoms with Gasteiger partial charge in [0.05, 0.1) is 0 Å². The first-order chi connectivity index (χ1) is 12.0. The zero-order valence-corrected chi connectivity index (χ0v) is 17.1. The maximum Gasteiger partial charge on any atom is 0.0431 e. The molecule has 25 heavy (non-hydrogen) atoms. The van der Waals surface area contributed by atoms with Crippen molar-refractivity contribution >= 4 is 0 Å². The Morgan fingerprint density at radius 2 is 1.68 bits per heavy atom. The van der Waals surface area contributed by atoms with Crippen molar-refractivity contribution in [1.29, 1.82) is 0 Å². The number of hydrogen-bond acceptors (Lipinski definition) is 1. The van der Waals surface area contributed by atoms with Crippen molar-refractivity contribution in [3.8, 4) is 0 Å². The van der Waals surface area contributed by atoms with Crippen molar-refractivity contribution in [2.24, 2.45) is 46.3 Å². The van der Waals surface area contributed by atoms with Crippen LogP contribution in [0.15, 0.2) is 0 Å². The fourth-order valence-corrected chi connectivity index (χ4v) is 8.88. The van der Waals surface area contributed by atoms with Gasteiger partial charge in [-0.15, -0.1) is 0 Å². The molecule has 0 spiro atoms. The summed E-state index contributed by atoms with van der Waals surface area (Å²) in [5, 5.41) is 9.25. The van der Waals surface area contributed by atoms with Gasteiger partial charge in [0.2, 0.25) is 0 Å². The van der Waals surface area contributed by atoms with Gasteiger partial charge in [-0.25, -0.2) is 0 Å². The molecule has 4 aliphatic rings. The topological polar surface area (TPSA) is 20.2 Å². The zero-order chi connectivity index (χ0) is 17.7. The van der Waals surface area contributed by atoms with Crippen LogP contribution in [0.3, 0.4) is 0 Å². The van der Waals surface area contributed by atoms with Crippen LogP contribution in [0.1, 0.15) is 97.8 Å². The predicted molar refractivity (Wildman–Crippen MR) is 105 cm³/mol. The molecule has 0 aromatic rings. The molecular formula is C24H42O. The van der Waals surface area contributed by atoms with E-state index in [0.29, 0.717) is 17.4 Å². The van der Waals surface area contributed by atoms with Crippen LogP contribution in [0.4, 0.5) is 0 Å². The summed E-state index contributed by atoms with van der Waals surface area (Å²) in [6.07, 6.45) is 17.4. The third-order valence-corrected chi connectivity index (χ3v) is 10.2. The van der Waals surface area contributed by atoms with E-state index in [0.717, 1.165) is 41.9 Å². The van der Waals surface area contributed by atoms with Gasteiger partial charge in [-0.1, -0.05) is 33.6 Å². The summed E-state index contributed by atoms with van der Waals surface area (Å²) < 4.78 is 0. The van der Waals surface area contributed by atoms with Gasteiger partial charge < -0.3 is 5.11 Å². The maximum atomic E-state index is 9.25. The lowest BCUT2D eigenvalue weighted by Crippen LogP contribution is -2.53. The third-order valence-electron chi connectivity index (χ3n) is 10.2. The summed E-state index contributed by atoms with van der Waals surface area (Å²) in [7, 11) is 0. The van der Waals surface area contributed by atoms with E-state index in [9.17, 15) is 5.11 Å². The molecule has 1 N–H and O–H groups in total. The van der Waals surface area contributed by atoms with E-state index in [4.69, 9.17) is 0 Å². The number of aliphatic hydroxyl groups excluding tert-OH is 1. The Morgan fingerprint density at radius 3 is 2.48 bits per heavy atom. The van der Waals surface area contributed by atoms with Gasteiger partial charge in [-0.3, -0.25) is 0 Å². The standard InChI is InChI=1S/C24H42O/c1-17(7-6-16-25)20-11-12-21-19-10-9-18-8-4-5-14-23(18,2)22(19)13-15-24(20,21)3/h17-22,25H,4-16H2,1-3H3/t17-,18-,19-,20-,21+,22-,23+,24-/m1/s1. The smallest absolute Gasteiger partial charge is 0.0431 e. The molecule has 0 radical (unpaired) electrons. The van der Waals surface area contributed by atoms with Gasteiger partial charge in [0, 0.05) is 6.61 Å². The van der Waals surface area contributed by atoms with E-state index in [2.05, 4.69) is 20.8 Å². The molecule has 0 saturated heterocycles. The Hall–Kier alpha value is -0.0400. The molecular weight excluding hydrogens is 304 g/mol. The van der Waals surface area contributed by atoms with Crippen LogP contribution in [0, 0.1) is 46.3 Å². The van der Waals surface area contributed by atoms with E-state index < -0.39 is 0 Å². The molecule has 1 heteroatoms. The summed E-state index contributed by atoms with van der Waals surface area (Å²) >= 11 is 0. The van der Waals surface area contributed by atoms with Crippen molar-refractivity contribution in [3.05, 3.63) is 0 Å². The minimum atomic E-state index is 0.377. The lowest BCUT2D eigenvalue weighted by Gasteiger charge is -2.61. The van der Waals surface area contributed by atoms with Crippen LogP contribution < -0.4 is 0 Å². The molecule has 4 fully saturated rings. The highest BCUT2D eigenvalue weighted by Gasteiger charge is 2.59. The van der Waals surface area contributed by atoms with Crippen LogP contribution in [-0.2, 0) is 0 Å². The molecule has 0 aliphatic heterocycles. The Kier molecular flexibility index (Phi) is 5.02. The Bertz CT molecular complexity index is 473. The van der Waals surface area contributed by atoms with E-state index >= 15 is 0 Å². The van der Waals surface area contributed by atoms with Crippen molar-refractivity contribution in [3.63, 3.8) is 0 Å². The maximum absolute atomic E-state index is 9.25. The van der Waals surface area contributed by atoms with Crippen LogP contribution in [-0.4, -0.2) is 11.7 Å². The highest BCUT2D eigenvalue weighted by Crippen LogP contribution is 2.68. The molecule has 144 valence electrons. The second-order valence-corrected chi connectivity index (χ2v) is 11.0. The molecule has 0 heterocycles. The molecule has 0 aromatic heterocycles. The first-order valence-corrected chi connectivity index (χ1v) is 11.6. The highest BCUT2D eigenvalue weighted by atomic mass is 16.2. The Labute approximate surface area is 156 Å². The van der Waals surface area contributed by atoms with Crippen LogP contribution in [0.5, 0.6) is 0 Å². The van der Waals surface area contributed by atoms with Crippen LogP contribution >= 0.6 is 0 Å². The largest absolute Gasteiger partial charge is 0.396 e. The summed E-state index contributed by atoms with van der Waals surface area (Å²) in [6, 6.07) is 0. The first-order valence-electron chi connectivity index (χ1n) is 11.6. The summed E-state index contributed by atoms with van der Waals surface area (Å²) in [5.41, 5.74) is 1.29. The van der Waals surface area contributed by atoms with Crippen molar-refractivity contribution in [1.82, 2.24) is 0 Å². The summed E-state index contributed by atoms with van der Waals surface area (Å²) in [4.78, 5) is 0. The number of fused-ring (bicyclic) bond motifs is 5. The van der Waals surface area contributed by atoms with Gasteiger partial charge >= 0.3 is 0 Å². The molecule has 1 nitrogen and oxygen atoms in total. The third kappa shape index (κ3) is 2.82. The van der Waals surface area contributed by atoms with E-state index in [1.165, 1.54) is 64.2 Å². The van der Waals surface area contributed by atoms with Crippen LogP contribution in [0.25, 0.3) is 0 Å². The van der Waals surface area contributed by atoms with Crippen LogP contribution in [0.2, 0.25) is 0 Å². The summed E-state index contributed by atoms with van der Waals surface area (Å²) in [6.45, 7) is 8.24. The normalized spacial score (nSPS) is 50.6. The van der Waals surface area contributed by atoms with Crippen molar-refractivity contribution in [2.75, 3.05) is 6.61 Å². The molecule has 0 bridgehead atoms. The molecule has 4 saturated carbocycles. The zero-order valence-electron chi connectivity index (χ0n) is 17.1. The average molecular weight is 347 g/mol. The van der Waals surface area contributed by atoms with E-state index in [1.54, 1.807) is 6.42 Å². The molecule has 0 unspecified atom stereocenters.